The molecule has 126 valence electrons. The number of ether oxygens (including phenoxy) is 1. The second-order valence-corrected chi connectivity index (χ2v) is 6.73. The molecular formula is C13H21ClN2O5S. The quantitative estimate of drug-likeness (QED) is 0.788. The van der Waals surface area contributed by atoms with Gasteiger partial charge < -0.3 is 14.5 Å². The molecule has 9 heteroatoms. The van der Waals surface area contributed by atoms with E-state index in [4.69, 9.17) is 4.42 Å². The molecule has 0 aromatic carbocycles. The summed E-state index contributed by atoms with van der Waals surface area (Å²) >= 11 is 0. The molecule has 22 heavy (non-hydrogen) atoms. The van der Waals surface area contributed by atoms with Gasteiger partial charge in [0.25, 0.3) is 0 Å². The summed E-state index contributed by atoms with van der Waals surface area (Å²) in [6, 6.07) is -0.191. The zero-order chi connectivity index (χ0) is 15.6. The van der Waals surface area contributed by atoms with Crippen molar-refractivity contribution in [2.45, 2.75) is 37.6 Å². The summed E-state index contributed by atoms with van der Waals surface area (Å²) in [5.74, 6) is -0.294. The zero-order valence-electron chi connectivity index (χ0n) is 12.8. The number of hydrogen-bond acceptors (Lipinski definition) is 6. The van der Waals surface area contributed by atoms with E-state index in [0.29, 0.717) is 6.54 Å². The Morgan fingerprint density at radius 2 is 2.05 bits per heavy atom. The summed E-state index contributed by atoms with van der Waals surface area (Å²) in [6.45, 7) is 4.52. The van der Waals surface area contributed by atoms with Crippen molar-refractivity contribution in [3.8, 4) is 0 Å². The standard InChI is InChI=1S/C13H20N2O5S.ClH/c1-8-11(13(16)19-3)12(9(2)20-8)21(17,18)15-10-5-4-6-14-7-10;/h10,14-15H,4-7H2,1-3H3;1H. The maximum Gasteiger partial charge on any atom is 0.342 e. The van der Waals surface area contributed by atoms with E-state index in [2.05, 4.69) is 14.8 Å². The van der Waals surface area contributed by atoms with Crippen molar-refractivity contribution in [3.63, 3.8) is 0 Å². The molecule has 2 heterocycles. The molecule has 1 aliphatic heterocycles. The summed E-state index contributed by atoms with van der Waals surface area (Å²) in [5, 5.41) is 3.14. The van der Waals surface area contributed by atoms with Crippen LogP contribution >= 0.6 is 12.4 Å². The van der Waals surface area contributed by atoms with Gasteiger partial charge in [-0.1, -0.05) is 0 Å². The van der Waals surface area contributed by atoms with Gasteiger partial charge in [-0.2, -0.15) is 0 Å². The number of sulfonamides is 1. The first-order valence-corrected chi connectivity index (χ1v) is 8.26. The fourth-order valence-corrected chi connectivity index (χ4v) is 4.23. The van der Waals surface area contributed by atoms with Crippen LogP contribution in [0.5, 0.6) is 0 Å². The van der Waals surface area contributed by atoms with Gasteiger partial charge in [0.05, 0.1) is 7.11 Å². The summed E-state index contributed by atoms with van der Waals surface area (Å²) in [7, 11) is -2.63. The van der Waals surface area contributed by atoms with E-state index >= 15 is 0 Å². The molecule has 1 fully saturated rings. The lowest BCUT2D eigenvalue weighted by Gasteiger charge is -2.23. The van der Waals surface area contributed by atoms with E-state index in [1.165, 1.54) is 14.0 Å². The number of nitrogens with one attached hydrogen (secondary N) is 2. The Morgan fingerprint density at radius 1 is 1.36 bits per heavy atom. The Balaban J connectivity index is 0.00000242. The second kappa shape index (κ2) is 7.45. The first-order chi connectivity index (χ1) is 9.86. The highest BCUT2D eigenvalue weighted by Crippen LogP contribution is 2.27. The molecule has 1 saturated heterocycles. The van der Waals surface area contributed by atoms with E-state index in [1.54, 1.807) is 6.92 Å². The highest BCUT2D eigenvalue weighted by molar-refractivity contribution is 7.89. The Morgan fingerprint density at radius 3 is 2.59 bits per heavy atom. The van der Waals surface area contributed by atoms with Crippen molar-refractivity contribution in [3.05, 3.63) is 17.1 Å². The zero-order valence-corrected chi connectivity index (χ0v) is 14.4. The Hall–Kier alpha value is -1.09. The molecule has 7 nitrogen and oxygen atoms in total. The summed E-state index contributed by atoms with van der Waals surface area (Å²) < 4.78 is 37.7. The topological polar surface area (TPSA) is 97.6 Å². The Kier molecular flexibility index (Phi) is 6.42. The highest BCUT2D eigenvalue weighted by atomic mass is 35.5. The van der Waals surface area contributed by atoms with Gasteiger partial charge in [0.2, 0.25) is 10.0 Å². The van der Waals surface area contributed by atoms with Crippen molar-refractivity contribution in [1.29, 1.82) is 0 Å². The average Bonchev–Trinajstić information content (AvgIpc) is 2.74. The van der Waals surface area contributed by atoms with Crippen LogP contribution in [0.3, 0.4) is 0 Å². The number of furan rings is 1. The average molecular weight is 353 g/mol. The minimum absolute atomic E-state index is 0. The molecule has 0 aliphatic carbocycles. The minimum Gasteiger partial charge on any atom is -0.465 e. The van der Waals surface area contributed by atoms with E-state index in [0.717, 1.165) is 19.4 Å². The third-order valence-corrected chi connectivity index (χ3v) is 5.15. The van der Waals surface area contributed by atoms with Gasteiger partial charge in [0.15, 0.2) is 0 Å². The maximum absolute atomic E-state index is 12.6. The van der Waals surface area contributed by atoms with Gasteiger partial charge in [-0.05, 0) is 33.2 Å². The number of piperidine rings is 1. The van der Waals surface area contributed by atoms with Crippen molar-refractivity contribution >= 4 is 28.4 Å². The van der Waals surface area contributed by atoms with Crippen LogP contribution in [0.4, 0.5) is 0 Å². The van der Waals surface area contributed by atoms with Crippen LogP contribution in [-0.2, 0) is 14.8 Å². The number of hydrogen-bond donors (Lipinski definition) is 2. The normalized spacial score (nSPS) is 18.6. The fourth-order valence-electron chi connectivity index (χ4n) is 2.56. The molecule has 1 aromatic heterocycles. The van der Waals surface area contributed by atoms with Crippen molar-refractivity contribution < 1.29 is 22.4 Å². The van der Waals surface area contributed by atoms with Crippen LogP contribution in [0.2, 0.25) is 0 Å². The van der Waals surface area contributed by atoms with Crippen LogP contribution < -0.4 is 10.0 Å². The van der Waals surface area contributed by atoms with Gasteiger partial charge in [-0.3, -0.25) is 0 Å². The van der Waals surface area contributed by atoms with E-state index in [-0.39, 0.29) is 40.4 Å². The number of carbonyl (C=O) groups excluding carboxylic acids is 1. The monoisotopic (exact) mass is 352 g/mol. The summed E-state index contributed by atoms with van der Waals surface area (Å²) in [5.41, 5.74) is -0.0359. The molecule has 1 unspecified atom stereocenters. The predicted octanol–water partition coefficient (Wildman–Crippen LogP) is 1.14. The van der Waals surface area contributed by atoms with E-state index < -0.39 is 16.0 Å². The third-order valence-electron chi connectivity index (χ3n) is 3.48. The number of carbonyl (C=O) groups is 1. The van der Waals surface area contributed by atoms with Crippen molar-refractivity contribution in [2.24, 2.45) is 0 Å². The lowest BCUT2D eigenvalue weighted by atomic mass is 10.1. The molecule has 1 atom stereocenters. The van der Waals surface area contributed by atoms with Gasteiger partial charge in [0.1, 0.15) is 22.0 Å². The maximum atomic E-state index is 12.6. The largest absolute Gasteiger partial charge is 0.465 e. The van der Waals surface area contributed by atoms with Gasteiger partial charge >= 0.3 is 5.97 Å². The number of methoxy groups -OCH3 is 1. The first-order valence-electron chi connectivity index (χ1n) is 6.78. The molecular weight excluding hydrogens is 332 g/mol. The number of aryl methyl sites for hydroxylation is 2. The molecule has 0 saturated carbocycles. The lowest BCUT2D eigenvalue weighted by Crippen LogP contribution is -2.45. The Bertz CT molecular complexity index is 635. The number of esters is 1. The molecule has 2 rings (SSSR count). The minimum atomic E-state index is -3.84. The molecule has 0 amide bonds. The third kappa shape index (κ3) is 3.81. The van der Waals surface area contributed by atoms with Crippen LogP contribution in [0.15, 0.2) is 9.31 Å². The van der Waals surface area contributed by atoms with Crippen LogP contribution in [-0.4, -0.2) is 40.6 Å². The van der Waals surface area contributed by atoms with E-state index in [1.807, 2.05) is 0 Å². The van der Waals surface area contributed by atoms with Gasteiger partial charge in [0, 0.05) is 12.6 Å². The molecule has 0 bridgehead atoms. The van der Waals surface area contributed by atoms with Gasteiger partial charge in [-0.25, -0.2) is 17.9 Å². The van der Waals surface area contributed by atoms with Crippen molar-refractivity contribution in [1.82, 2.24) is 10.0 Å². The predicted molar refractivity (Wildman–Crippen MR) is 83.0 cm³/mol. The molecule has 2 N–H and O–H groups in total. The number of halogens is 1. The van der Waals surface area contributed by atoms with Crippen LogP contribution in [0, 0.1) is 13.8 Å². The summed E-state index contributed by atoms with van der Waals surface area (Å²) in [6.07, 6.45) is 1.66. The molecule has 0 radical (unpaired) electrons. The smallest absolute Gasteiger partial charge is 0.342 e. The first kappa shape index (κ1) is 19.0. The molecule has 1 aliphatic rings. The number of rotatable bonds is 4. The highest BCUT2D eigenvalue weighted by Gasteiger charge is 2.33. The van der Waals surface area contributed by atoms with Gasteiger partial charge in [-0.15, -0.1) is 12.4 Å². The van der Waals surface area contributed by atoms with E-state index in [9.17, 15) is 13.2 Å². The molecule has 0 spiro atoms. The summed E-state index contributed by atoms with van der Waals surface area (Å²) in [4.78, 5) is 11.7. The lowest BCUT2D eigenvalue weighted by molar-refractivity contribution is 0.0595. The van der Waals surface area contributed by atoms with Crippen LogP contribution in [0.25, 0.3) is 0 Å². The fraction of sp³-hybridized carbons (Fsp3) is 0.615. The molecule has 1 aromatic rings. The van der Waals surface area contributed by atoms with Crippen LogP contribution in [0.1, 0.15) is 34.7 Å². The second-order valence-electron chi connectivity index (χ2n) is 5.07. The SMILES string of the molecule is COC(=O)c1c(C)oc(C)c1S(=O)(=O)NC1CCCNC1.Cl. The van der Waals surface area contributed by atoms with Crippen molar-refractivity contribution in [2.75, 3.05) is 20.2 Å². The Labute approximate surface area is 136 Å².